The van der Waals surface area contributed by atoms with Gasteiger partial charge in [-0.3, -0.25) is 0 Å². The van der Waals surface area contributed by atoms with E-state index in [1.807, 2.05) is 0 Å². The molecular weight excluding hydrogens is 226 g/mol. The summed E-state index contributed by atoms with van der Waals surface area (Å²) in [4.78, 5) is 0. The second-order valence-electron chi connectivity index (χ2n) is 5.26. The summed E-state index contributed by atoms with van der Waals surface area (Å²) < 4.78 is 46.8. The molecular formula is C9H15F3NOP. The first-order valence-corrected chi connectivity index (χ1v) is 7.22. The van der Waals surface area contributed by atoms with Crippen molar-refractivity contribution in [3.63, 3.8) is 0 Å². The molecule has 0 saturated carbocycles. The predicted octanol–water partition coefficient (Wildman–Crippen LogP) is 3.62. The van der Waals surface area contributed by atoms with E-state index < -0.39 is 18.8 Å². The van der Waals surface area contributed by atoms with Crippen molar-refractivity contribution in [3.05, 3.63) is 11.8 Å². The van der Waals surface area contributed by atoms with Crippen LogP contribution in [0.5, 0.6) is 0 Å². The molecule has 0 bridgehead atoms. The first kappa shape index (κ1) is 11.1. The Morgan fingerprint density at radius 2 is 1.93 bits per heavy atom. The fraction of sp³-hybridized carbons (Fsp3) is 0.667. The van der Waals surface area contributed by atoms with E-state index in [9.17, 15) is 12.6 Å². The fourth-order valence-corrected chi connectivity index (χ4v) is 4.67. The fourth-order valence-electron chi connectivity index (χ4n) is 1.81. The third-order valence-electron chi connectivity index (χ3n) is 2.89. The van der Waals surface area contributed by atoms with Crippen LogP contribution in [0.2, 0.25) is 0 Å². The average molecular weight is 241 g/mol. The van der Waals surface area contributed by atoms with Gasteiger partial charge in [0, 0.05) is 0 Å². The molecule has 2 rings (SSSR count). The van der Waals surface area contributed by atoms with E-state index in [1.54, 1.807) is 20.8 Å². The van der Waals surface area contributed by atoms with Gasteiger partial charge in [0.1, 0.15) is 0 Å². The van der Waals surface area contributed by atoms with Crippen molar-refractivity contribution in [2.75, 3.05) is 12.8 Å². The predicted molar refractivity (Wildman–Crippen MR) is 54.9 cm³/mol. The van der Waals surface area contributed by atoms with Crippen molar-refractivity contribution >= 4 is 13.5 Å². The van der Waals surface area contributed by atoms with Crippen molar-refractivity contribution in [2.24, 2.45) is 5.41 Å². The van der Waals surface area contributed by atoms with Crippen LogP contribution in [-0.4, -0.2) is 23.3 Å². The number of fused-ring (bicyclic) bond motifs is 1. The van der Waals surface area contributed by atoms with Crippen LogP contribution in [-0.2, 0) is 4.52 Å². The second kappa shape index (κ2) is 2.16. The Morgan fingerprint density at radius 1 is 1.33 bits per heavy atom. The van der Waals surface area contributed by atoms with E-state index in [4.69, 9.17) is 0 Å². The molecule has 0 N–H and O–H groups in total. The van der Waals surface area contributed by atoms with Gasteiger partial charge in [0.15, 0.2) is 0 Å². The number of hydrogen-bond donors (Lipinski definition) is 0. The quantitative estimate of drug-likeness (QED) is 0.590. The Labute approximate surface area is 86.4 Å². The molecule has 88 valence electrons. The molecule has 0 saturated heterocycles. The Kier molecular flexibility index (Phi) is 1.60. The van der Waals surface area contributed by atoms with Gasteiger partial charge >= 0.3 is 85.7 Å². The van der Waals surface area contributed by atoms with Gasteiger partial charge in [-0.25, -0.2) is 0 Å². The van der Waals surface area contributed by atoms with Crippen molar-refractivity contribution in [3.8, 4) is 0 Å². The summed E-state index contributed by atoms with van der Waals surface area (Å²) in [5, 5.41) is 0. The monoisotopic (exact) mass is 241 g/mol. The second-order valence-corrected chi connectivity index (χ2v) is 8.97. The Bertz CT molecular complexity index is 411. The standard InChI is InChI=1S/C9H15F3NOP/c1-9(2,3)8-6-13-4-5-14-15(13,10,11,12)7-8/h4,6H,5,7H2,1-3H3. The minimum atomic E-state index is -7.19. The first-order valence-electron chi connectivity index (χ1n) is 4.81. The summed E-state index contributed by atoms with van der Waals surface area (Å²) in [6.45, 7) is 4.99. The van der Waals surface area contributed by atoms with E-state index in [0.29, 0.717) is 9.92 Å². The molecule has 6 heteroatoms. The molecule has 2 nitrogen and oxygen atoms in total. The van der Waals surface area contributed by atoms with Crippen LogP contribution < -0.4 is 0 Å². The zero-order chi connectivity index (χ0) is 11.6. The molecule has 0 amide bonds. The van der Waals surface area contributed by atoms with Gasteiger partial charge in [-0.15, -0.1) is 0 Å². The van der Waals surface area contributed by atoms with Crippen molar-refractivity contribution in [2.45, 2.75) is 20.8 Å². The van der Waals surface area contributed by atoms with Crippen LogP contribution in [0, 0.1) is 5.41 Å². The van der Waals surface area contributed by atoms with E-state index in [2.05, 4.69) is 4.52 Å². The van der Waals surface area contributed by atoms with Crippen LogP contribution in [0.25, 0.3) is 0 Å². The third kappa shape index (κ3) is 1.44. The van der Waals surface area contributed by atoms with Gasteiger partial charge in [0.25, 0.3) is 0 Å². The molecule has 0 unspecified atom stereocenters. The summed E-state index contributed by atoms with van der Waals surface area (Å²) in [6.07, 6.45) is 1.38. The zero-order valence-corrected chi connectivity index (χ0v) is 9.90. The van der Waals surface area contributed by atoms with Crippen LogP contribution in [0.1, 0.15) is 20.8 Å². The summed E-state index contributed by atoms with van der Waals surface area (Å²) in [7, 11) is -7.19. The molecule has 0 fully saturated rings. The minimum absolute atomic E-state index is 0.354. The summed E-state index contributed by atoms with van der Waals surface area (Å²) in [5.41, 5.74) is -0.0768. The van der Waals surface area contributed by atoms with Crippen LogP contribution >= 0.6 is 7.25 Å². The Balaban J connectivity index is 2.53. The van der Waals surface area contributed by atoms with Gasteiger partial charge in [0.05, 0.1) is 0 Å². The summed E-state index contributed by atoms with van der Waals surface area (Å²) in [6, 6.07) is 0. The number of halogens is 3. The van der Waals surface area contributed by atoms with E-state index in [1.165, 1.54) is 6.20 Å². The van der Waals surface area contributed by atoms with Crippen LogP contribution in [0.4, 0.5) is 12.6 Å². The van der Waals surface area contributed by atoms with Crippen LogP contribution in [0.15, 0.2) is 11.8 Å². The molecule has 2 heterocycles. The van der Waals surface area contributed by atoms with Gasteiger partial charge < -0.3 is 0 Å². The third-order valence-corrected chi connectivity index (χ3v) is 5.91. The number of allylic oxidation sites excluding steroid dienone is 1. The van der Waals surface area contributed by atoms with E-state index >= 15 is 0 Å². The Morgan fingerprint density at radius 3 is 2.40 bits per heavy atom. The van der Waals surface area contributed by atoms with Crippen molar-refractivity contribution in [1.29, 1.82) is 0 Å². The first-order chi connectivity index (χ1) is 6.46. The number of hydrogen-bond acceptors (Lipinski definition) is 1. The van der Waals surface area contributed by atoms with Crippen LogP contribution in [0.3, 0.4) is 0 Å². The normalized spacial score (nSPS) is 35.3. The van der Waals surface area contributed by atoms with Crippen molar-refractivity contribution < 1.29 is 21.5 Å². The molecule has 15 heavy (non-hydrogen) atoms. The van der Waals surface area contributed by atoms with E-state index in [-0.39, 0.29) is 6.61 Å². The molecule has 0 atom stereocenters. The molecule has 2 aliphatic heterocycles. The summed E-state index contributed by atoms with van der Waals surface area (Å²) in [5.74, 6) is 0. The number of nitrogens with zero attached hydrogens (tertiary/aromatic N) is 1. The van der Waals surface area contributed by atoms with E-state index in [0.717, 1.165) is 6.21 Å². The molecule has 0 spiro atoms. The maximum absolute atomic E-state index is 14.1. The molecule has 0 aromatic carbocycles. The van der Waals surface area contributed by atoms with Gasteiger partial charge in [-0.2, -0.15) is 0 Å². The average Bonchev–Trinajstić information content (AvgIpc) is 2.31. The summed E-state index contributed by atoms with van der Waals surface area (Å²) >= 11 is 0. The number of rotatable bonds is 0. The molecule has 0 radical (unpaired) electrons. The zero-order valence-electron chi connectivity index (χ0n) is 9.01. The molecule has 0 aromatic heterocycles. The SMILES string of the molecule is CC(C)(C)C1=C[N+]2=CCO[P-]2(F)(F)(F)C1. The molecule has 2 aliphatic rings. The Hall–Kier alpha value is -0.410. The maximum atomic E-state index is 14.1. The van der Waals surface area contributed by atoms with Gasteiger partial charge in [-0.1, -0.05) is 0 Å². The molecule has 0 aromatic rings. The van der Waals surface area contributed by atoms with Crippen molar-refractivity contribution in [1.82, 2.24) is 0 Å². The van der Waals surface area contributed by atoms with Gasteiger partial charge in [0.2, 0.25) is 0 Å². The molecule has 0 aliphatic carbocycles. The van der Waals surface area contributed by atoms with Gasteiger partial charge in [-0.05, 0) is 0 Å². The topological polar surface area (TPSA) is 12.2 Å².